The van der Waals surface area contributed by atoms with Crippen molar-refractivity contribution < 1.29 is 14.5 Å². The normalized spacial score (nSPS) is 18.4. The van der Waals surface area contributed by atoms with E-state index in [1.54, 1.807) is 12.1 Å². The number of H-pyrrole nitrogens is 1. The van der Waals surface area contributed by atoms with Crippen LogP contribution in [0, 0.1) is 16.0 Å². The number of nitrogens with one attached hydrogen (secondary N) is 3. The van der Waals surface area contributed by atoms with E-state index in [9.17, 15) is 19.7 Å². The molecule has 3 aromatic rings. The predicted molar refractivity (Wildman–Crippen MR) is 129 cm³/mol. The Balaban J connectivity index is 1.65. The van der Waals surface area contributed by atoms with Gasteiger partial charge in [0.05, 0.1) is 4.92 Å². The molecule has 1 heterocycles. The number of nitro groups is 1. The zero-order valence-electron chi connectivity index (χ0n) is 19.3. The van der Waals surface area contributed by atoms with Gasteiger partial charge >= 0.3 is 0 Å². The molecule has 2 aromatic carbocycles. The highest BCUT2D eigenvalue weighted by molar-refractivity contribution is 5.94. The number of nitrogens with zero attached hydrogens (tertiary/aromatic N) is 1. The van der Waals surface area contributed by atoms with Crippen LogP contribution >= 0.6 is 0 Å². The molecular weight excluding hydrogens is 434 g/mol. The third-order valence-corrected chi connectivity index (χ3v) is 6.65. The van der Waals surface area contributed by atoms with Crippen molar-refractivity contribution in [2.24, 2.45) is 11.7 Å². The van der Waals surface area contributed by atoms with E-state index in [4.69, 9.17) is 5.73 Å². The number of hydrogen-bond acceptors (Lipinski definition) is 5. The van der Waals surface area contributed by atoms with E-state index >= 15 is 0 Å². The summed E-state index contributed by atoms with van der Waals surface area (Å²) in [6, 6.07) is 13.5. The molecule has 0 aliphatic heterocycles. The van der Waals surface area contributed by atoms with Crippen LogP contribution in [0.2, 0.25) is 0 Å². The van der Waals surface area contributed by atoms with E-state index < -0.39 is 22.4 Å². The van der Waals surface area contributed by atoms with Gasteiger partial charge in [0.2, 0.25) is 11.8 Å². The topological polar surface area (TPSA) is 143 Å². The molecule has 0 bridgehead atoms. The highest BCUT2D eigenvalue weighted by atomic mass is 16.6. The van der Waals surface area contributed by atoms with E-state index in [1.165, 1.54) is 12.1 Å². The molecule has 178 valence electrons. The first kappa shape index (κ1) is 23.4. The first-order chi connectivity index (χ1) is 16.2. The van der Waals surface area contributed by atoms with E-state index in [1.807, 2.05) is 38.1 Å². The number of carbonyl (C=O) groups is 2. The number of aromatic amines is 1. The van der Waals surface area contributed by atoms with Gasteiger partial charge in [-0.1, -0.05) is 44.2 Å². The molecule has 0 spiro atoms. The van der Waals surface area contributed by atoms with Crippen molar-refractivity contribution in [1.29, 1.82) is 0 Å². The molecule has 9 nitrogen and oxygen atoms in total. The fourth-order valence-corrected chi connectivity index (χ4v) is 4.68. The number of nitro benzene ring substituents is 1. The number of aryl methyl sites for hydroxylation is 1. The summed E-state index contributed by atoms with van der Waals surface area (Å²) in [7, 11) is 0. The second-order valence-electron chi connectivity index (χ2n) is 9.26. The van der Waals surface area contributed by atoms with Crippen LogP contribution in [0.4, 0.5) is 5.69 Å². The molecule has 0 unspecified atom stereocenters. The number of benzene rings is 2. The van der Waals surface area contributed by atoms with Gasteiger partial charge in [0.25, 0.3) is 5.69 Å². The number of para-hydroxylation sites is 1. The minimum atomic E-state index is -0.970. The Morgan fingerprint density at radius 3 is 2.53 bits per heavy atom. The van der Waals surface area contributed by atoms with Crippen molar-refractivity contribution in [1.82, 2.24) is 15.6 Å². The molecule has 0 saturated carbocycles. The van der Waals surface area contributed by atoms with E-state index in [0.717, 1.165) is 27.7 Å². The standard InChI is InChI=1S/C25H29N5O4/c1-15(2)22(23(26)31)29-24(32)25(27-14-16-7-9-17(10-8-16)30(33)34)12-11-21-19(13-25)18-5-3-4-6-20(18)28-21/h3-10,15,22,27-28H,11-14H2,1-2H3,(H2,26,31)(H,29,32)/t22-,25-/m0/s1. The van der Waals surface area contributed by atoms with Crippen LogP contribution < -0.4 is 16.4 Å². The molecule has 34 heavy (non-hydrogen) atoms. The lowest BCUT2D eigenvalue weighted by Crippen LogP contribution is -2.63. The molecule has 1 aromatic heterocycles. The van der Waals surface area contributed by atoms with Crippen molar-refractivity contribution in [3.05, 3.63) is 75.5 Å². The Bertz CT molecular complexity index is 1230. The van der Waals surface area contributed by atoms with E-state index in [0.29, 0.717) is 25.8 Å². The Morgan fingerprint density at radius 1 is 1.18 bits per heavy atom. The Kier molecular flexibility index (Phi) is 6.39. The lowest BCUT2D eigenvalue weighted by Gasteiger charge is -2.38. The van der Waals surface area contributed by atoms with Gasteiger partial charge in [0, 0.05) is 41.7 Å². The Hall–Kier alpha value is -3.72. The number of aromatic nitrogens is 1. The van der Waals surface area contributed by atoms with Gasteiger partial charge in [0.1, 0.15) is 11.6 Å². The average Bonchev–Trinajstić information content (AvgIpc) is 3.18. The molecule has 0 radical (unpaired) electrons. The maximum atomic E-state index is 13.7. The summed E-state index contributed by atoms with van der Waals surface area (Å²) in [5.74, 6) is -0.999. The number of non-ortho nitro benzene ring substituents is 1. The maximum absolute atomic E-state index is 13.7. The summed E-state index contributed by atoms with van der Waals surface area (Å²) in [6.45, 7) is 4.02. The molecule has 5 N–H and O–H groups in total. The fourth-order valence-electron chi connectivity index (χ4n) is 4.68. The number of amides is 2. The fraction of sp³-hybridized carbons (Fsp3) is 0.360. The monoisotopic (exact) mass is 463 g/mol. The zero-order valence-corrected chi connectivity index (χ0v) is 19.3. The van der Waals surface area contributed by atoms with E-state index in [2.05, 4.69) is 15.6 Å². The minimum Gasteiger partial charge on any atom is -0.368 e. The lowest BCUT2D eigenvalue weighted by atomic mass is 9.78. The summed E-state index contributed by atoms with van der Waals surface area (Å²) in [6.07, 6.45) is 1.62. The van der Waals surface area contributed by atoms with Crippen LogP contribution in [-0.2, 0) is 29.0 Å². The summed E-state index contributed by atoms with van der Waals surface area (Å²) >= 11 is 0. The summed E-state index contributed by atoms with van der Waals surface area (Å²) in [5, 5.41) is 18.3. The van der Waals surface area contributed by atoms with Crippen LogP contribution in [0.3, 0.4) is 0 Å². The molecule has 9 heteroatoms. The van der Waals surface area contributed by atoms with Gasteiger partial charge in [-0.3, -0.25) is 25.0 Å². The lowest BCUT2D eigenvalue weighted by molar-refractivity contribution is -0.384. The molecule has 2 amide bonds. The van der Waals surface area contributed by atoms with Crippen molar-refractivity contribution >= 4 is 28.4 Å². The highest BCUT2D eigenvalue weighted by Gasteiger charge is 2.43. The SMILES string of the molecule is CC(C)[C@H](NC(=O)[C@]1(NCc2ccc([N+](=O)[O-])cc2)CCc2[nH]c3ccccc3c2C1)C(N)=O. The largest absolute Gasteiger partial charge is 0.368 e. The van der Waals surface area contributed by atoms with Crippen LogP contribution in [0.5, 0.6) is 0 Å². The zero-order chi connectivity index (χ0) is 24.5. The third-order valence-electron chi connectivity index (χ3n) is 6.65. The van der Waals surface area contributed by atoms with Gasteiger partial charge < -0.3 is 16.0 Å². The van der Waals surface area contributed by atoms with Crippen molar-refractivity contribution in [3.63, 3.8) is 0 Å². The minimum absolute atomic E-state index is 0.0125. The molecule has 0 fully saturated rings. The quantitative estimate of drug-likeness (QED) is 0.300. The van der Waals surface area contributed by atoms with Gasteiger partial charge in [0.15, 0.2) is 0 Å². The number of primary amides is 1. The van der Waals surface area contributed by atoms with Gasteiger partial charge in [-0.2, -0.15) is 0 Å². The predicted octanol–water partition coefficient (Wildman–Crippen LogP) is 2.72. The number of hydrogen-bond donors (Lipinski definition) is 4. The molecule has 1 aliphatic carbocycles. The molecule has 4 rings (SSSR count). The number of rotatable bonds is 8. The first-order valence-electron chi connectivity index (χ1n) is 11.4. The van der Waals surface area contributed by atoms with Crippen molar-refractivity contribution in [3.8, 4) is 0 Å². The average molecular weight is 464 g/mol. The van der Waals surface area contributed by atoms with E-state index in [-0.39, 0.29) is 17.5 Å². The first-order valence-corrected chi connectivity index (χ1v) is 11.4. The van der Waals surface area contributed by atoms with Gasteiger partial charge in [-0.05, 0) is 36.0 Å². The summed E-state index contributed by atoms with van der Waals surface area (Å²) in [4.78, 5) is 39.7. The van der Waals surface area contributed by atoms with Crippen LogP contribution in [0.15, 0.2) is 48.5 Å². The summed E-state index contributed by atoms with van der Waals surface area (Å²) in [5.41, 5.74) is 8.63. The van der Waals surface area contributed by atoms with Crippen molar-refractivity contribution in [2.75, 3.05) is 0 Å². The smallest absolute Gasteiger partial charge is 0.269 e. The third kappa shape index (κ3) is 4.51. The number of nitrogens with two attached hydrogens (primary N) is 1. The molecule has 1 aliphatic rings. The Morgan fingerprint density at radius 2 is 1.88 bits per heavy atom. The van der Waals surface area contributed by atoms with Crippen LogP contribution in [0.25, 0.3) is 10.9 Å². The molecule has 0 saturated heterocycles. The maximum Gasteiger partial charge on any atom is 0.269 e. The van der Waals surface area contributed by atoms with Gasteiger partial charge in [-0.15, -0.1) is 0 Å². The molecular formula is C25H29N5O4. The summed E-state index contributed by atoms with van der Waals surface area (Å²) < 4.78 is 0. The van der Waals surface area contributed by atoms with Crippen LogP contribution in [-0.4, -0.2) is 33.3 Å². The molecule has 2 atom stereocenters. The number of fused-ring (bicyclic) bond motifs is 3. The second-order valence-corrected chi connectivity index (χ2v) is 9.26. The van der Waals surface area contributed by atoms with Crippen molar-refractivity contribution in [2.45, 2.75) is 51.2 Å². The number of carbonyl (C=O) groups excluding carboxylic acids is 2. The second kappa shape index (κ2) is 9.26. The highest BCUT2D eigenvalue weighted by Crippen LogP contribution is 2.34. The van der Waals surface area contributed by atoms with Gasteiger partial charge in [-0.25, -0.2) is 0 Å². The van der Waals surface area contributed by atoms with Crippen LogP contribution in [0.1, 0.15) is 37.1 Å². The Labute approximate surface area is 197 Å².